The lowest BCUT2D eigenvalue weighted by Crippen LogP contribution is -2.37. The van der Waals surface area contributed by atoms with Crippen molar-refractivity contribution in [3.63, 3.8) is 0 Å². The summed E-state index contributed by atoms with van der Waals surface area (Å²) in [7, 11) is 3.62. The van der Waals surface area contributed by atoms with E-state index in [9.17, 15) is 4.79 Å². The molecule has 0 aromatic rings. The average Bonchev–Trinajstić information content (AvgIpc) is 2.64. The van der Waals surface area contributed by atoms with Gasteiger partial charge in [0.1, 0.15) is 6.73 Å². The molecule has 1 aliphatic rings. The van der Waals surface area contributed by atoms with Crippen LogP contribution in [-0.4, -0.2) is 69.2 Å². The number of carbonyl (C=O) groups excluding carboxylic acids is 1. The SMILES string of the molecule is CCNCCN(C)CC(=O)O[C@H]1OOCN1C. The third-order valence-corrected chi connectivity index (χ3v) is 2.32. The van der Waals surface area contributed by atoms with Gasteiger partial charge in [-0.2, -0.15) is 4.89 Å². The highest BCUT2D eigenvalue weighted by atomic mass is 17.2. The highest BCUT2D eigenvalue weighted by Crippen LogP contribution is 2.09. The molecule has 1 rings (SSSR count). The summed E-state index contributed by atoms with van der Waals surface area (Å²) in [5, 5.41) is 3.19. The highest BCUT2D eigenvalue weighted by Gasteiger charge is 2.27. The van der Waals surface area contributed by atoms with Gasteiger partial charge in [0.05, 0.1) is 6.54 Å². The van der Waals surface area contributed by atoms with Gasteiger partial charge in [0.15, 0.2) is 0 Å². The maximum absolute atomic E-state index is 11.5. The zero-order chi connectivity index (χ0) is 12.7. The van der Waals surface area contributed by atoms with Gasteiger partial charge in [-0.1, -0.05) is 6.92 Å². The maximum Gasteiger partial charge on any atom is 0.323 e. The molecule has 0 unspecified atom stereocenters. The van der Waals surface area contributed by atoms with Crippen molar-refractivity contribution in [3.05, 3.63) is 0 Å². The number of rotatable bonds is 7. The van der Waals surface area contributed by atoms with Crippen molar-refractivity contribution in [1.82, 2.24) is 15.1 Å². The predicted octanol–water partition coefficient (Wildman–Crippen LogP) is -0.794. The van der Waals surface area contributed by atoms with E-state index in [4.69, 9.17) is 9.62 Å². The standard InChI is InChI=1S/C10H21N3O4/c1-4-11-5-6-12(2)7-9(14)16-10-13(3)8-15-17-10/h10-11H,4-8H2,1-3H3/t10-/m0/s1. The van der Waals surface area contributed by atoms with Crippen LogP contribution in [0.25, 0.3) is 0 Å². The van der Waals surface area contributed by atoms with Gasteiger partial charge in [-0.25, -0.2) is 9.79 Å². The van der Waals surface area contributed by atoms with E-state index in [0.29, 0.717) is 6.73 Å². The lowest BCUT2D eigenvalue weighted by Gasteiger charge is -2.19. The Balaban J connectivity index is 2.15. The topological polar surface area (TPSA) is 63.3 Å². The lowest BCUT2D eigenvalue weighted by atomic mass is 10.5. The molecule has 0 aliphatic carbocycles. The first-order valence-electron chi connectivity index (χ1n) is 5.70. The van der Waals surface area contributed by atoms with Crippen LogP contribution >= 0.6 is 0 Å². The van der Waals surface area contributed by atoms with Crippen LogP contribution in [0.2, 0.25) is 0 Å². The summed E-state index contributed by atoms with van der Waals surface area (Å²) in [5.41, 5.74) is 0. The number of esters is 1. The van der Waals surface area contributed by atoms with Crippen molar-refractivity contribution in [2.24, 2.45) is 0 Å². The predicted molar refractivity (Wildman–Crippen MR) is 60.7 cm³/mol. The zero-order valence-corrected chi connectivity index (χ0v) is 10.6. The number of nitrogens with one attached hydrogen (secondary N) is 1. The summed E-state index contributed by atoms with van der Waals surface area (Å²) in [6.07, 6.45) is -0.732. The Hall–Kier alpha value is -0.730. The van der Waals surface area contributed by atoms with Crippen LogP contribution in [0.4, 0.5) is 0 Å². The first-order valence-corrected chi connectivity index (χ1v) is 5.70. The lowest BCUT2D eigenvalue weighted by molar-refractivity contribution is -0.325. The van der Waals surface area contributed by atoms with E-state index in [0.717, 1.165) is 19.6 Å². The number of likely N-dealkylation sites (N-methyl/N-ethyl adjacent to an activating group) is 2. The van der Waals surface area contributed by atoms with Crippen molar-refractivity contribution in [3.8, 4) is 0 Å². The second-order valence-corrected chi connectivity index (χ2v) is 3.99. The van der Waals surface area contributed by atoms with E-state index >= 15 is 0 Å². The fourth-order valence-corrected chi connectivity index (χ4v) is 1.31. The van der Waals surface area contributed by atoms with Gasteiger partial charge < -0.3 is 10.1 Å². The van der Waals surface area contributed by atoms with Gasteiger partial charge >= 0.3 is 5.97 Å². The fraction of sp³-hybridized carbons (Fsp3) is 0.900. The van der Waals surface area contributed by atoms with Crippen LogP contribution in [0, 0.1) is 0 Å². The van der Waals surface area contributed by atoms with Crippen LogP contribution in [0.5, 0.6) is 0 Å². The van der Waals surface area contributed by atoms with Crippen LogP contribution in [-0.2, 0) is 19.3 Å². The minimum atomic E-state index is -0.732. The van der Waals surface area contributed by atoms with Gasteiger partial charge in [-0.05, 0) is 20.6 Å². The Kier molecular flexibility index (Phi) is 6.38. The first kappa shape index (κ1) is 14.3. The third-order valence-electron chi connectivity index (χ3n) is 2.32. The molecule has 0 saturated carbocycles. The summed E-state index contributed by atoms with van der Waals surface area (Å²) in [5.74, 6) is -0.327. The Labute approximate surface area is 102 Å². The summed E-state index contributed by atoms with van der Waals surface area (Å²) in [4.78, 5) is 24.5. The van der Waals surface area contributed by atoms with Crippen LogP contribution in [0.3, 0.4) is 0 Å². The van der Waals surface area contributed by atoms with E-state index in [2.05, 4.69) is 10.2 Å². The Morgan fingerprint density at radius 1 is 1.65 bits per heavy atom. The summed E-state index contributed by atoms with van der Waals surface area (Å²) in [6.45, 7) is 5.15. The molecule has 1 fully saturated rings. The van der Waals surface area contributed by atoms with E-state index in [1.54, 1.807) is 11.9 Å². The van der Waals surface area contributed by atoms with Gasteiger partial charge in [0.2, 0.25) is 0 Å². The quantitative estimate of drug-likeness (QED) is 0.359. The molecule has 1 saturated heterocycles. The first-order chi connectivity index (χ1) is 8.13. The molecule has 0 spiro atoms. The molecule has 7 heteroatoms. The molecule has 7 nitrogen and oxygen atoms in total. The molecule has 0 bridgehead atoms. The van der Waals surface area contributed by atoms with Crippen LogP contribution in [0.1, 0.15) is 6.92 Å². The molecule has 1 heterocycles. The second-order valence-electron chi connectivity index (χ2n) is 3.99. The molecule has 0 aromatic heterocycles. The molecule has 1 aliphatic heterocycles. The number of nitrogens with zero attached hydrogens (tertiary/aromatic N) is 2. The molecule has 1 atom stereocenters. The van der Waals surface area contributed by atoms with Gasteiger partial charge in [0, 0.05) is 13.1 Å². The minimum Gasteiger partial charge on any atom is -0.418 e. The third kappa shape index (κ3) is 5.42. The number of hydrogen-bond donors (Lipinski definition) is 1. The van der Waals surface area contributed by atoms with Gasteiger partial charge in [0.25, 0.3) is 6.41 Å². The van der Waals surface area contributed by atoms with E-state index in [1.165, 1.54) is 0 Å². The molecule has 1 N–H and O–H groups in total. The van der Waals surface area contributed by atoms with Crippen molar-refractivity contribution in [1.29, 1.82) is 0 Å². The Morgan fingerprint density at radius 2 is 2.41 bits per heavy atom. The zero-order valence-electron chi connectivity index (χ0n) is 10.6. The molecule has 0 radical (unpaired) electrons. The second kappa shape index (κ2) is 7.57. The van der Waals surface area contributed by atoms with Gasteiger partial charge in [-0.3, -0.25) is 9.69 Å². The largest absolute Gasteiger partial charge is 0.418 e. The van der Waals surface area contributed by atoms with Crippen LogP contribution in [0.15, 0.2) is 0 Å². The summed E-state index contributed by atoms with van der Waals surface area (Å²) >= 11 is 0. The molecule has 100 valence electrons. The molecule has 0 aromatic carbocycles. The summed E-state index contributed by atoms with van der Waals surface area (Å²) < 4.78 is 5.08. The fourth-order valence-electron chi connectivity index (χ4n) is 1.31. The van der Waals surface area contributed by atoms with Crippen molar-refractivity contribution >= 4 is 5.97 Å². The molecular formula is C10H21N3O4. The Morgan fingerprint density at radius 3 is 3.00 bits per heavy atom. The molecular weight excluding hydrogens is 226 g/mol. The molecule has 0 amide bonds. The number of hydrogen-bond acceptors (Lipinski definition) is 7. The Bertz CT molecular complexity index is 240. The van der Waals surface area contributed by atoms with Crippen LogP contribution < -0.4 is 5.32 Å². The number of carbonyl (C=O) groups is 1. The molecule has 17 heavy (non-hydrogen) atoms. The van der Waals surface area contributed by atoms with E-state index in [1.807, 2.05) is 18.9 Å². The highest BCUT2D eigenvalue weighted by molar-refractivity contribution is 5.71. The maximum atomic E-state index is 11.5. The average molecular weight is 247 g/mol. The summed E-state index contributed by atoms with van der Waals surface area (Å²) in [6, 6.07) is 0. The normalized spacial score (nSPS) is 21.1. The van der Waals surface area contributed by atoms with E-state index in [-0.39, 0.29) is 12.5 Å². The monoisotopic (exact) mass is 247 g/mol. The van der Waals surface area contributed by atoms with E-state index < -0.39 is 6.41 Å². The number of ether oxygens (including phenoxy) is 1. The van der Waals surface area contributed by atoms with Crippen molar-refractivity contribution in [2.75, 3.05) is 47.0 Å². The van der Waals surface area contributed by atoms with Crippen molar-refractivity contribution in [2.45, 2.75) is 13.3 Å². The smallest absolute Gasteiger partial charge is 0.323 e. The van der Waals surface area contributed by atoms with Crippen molar-refractivity contribution < 1.29 is 19.3 Å². The minimum absolute atomic E-state index is 0.235. The van der Waals surface area contributed by atoms with Gasteiger partial charge in [-0.15, -0.1) is 0 Å².